The molecule has 1 N–H and O–H groups in total. The largest absolute Gasteiger partial charge is 0.493 e. The van der Waals surface area contributed by atoms with Gasteiger partial charge < -0.3 is 9.47 Å². The van der Waals surface area contributed by atoms with Crippen LogP contribution in [-0.2, 0) is 10.0 Å². The number of anilines is 1. The van der Waals surface area contributed by atoms with E-state index in [0.717, 1.165) is 0 Å². The normalized spacial score (nSPS) is 11.0. The molecule has 0 amide bonds. The summed E-state index contributed by atoms with van der Waals surface area (Å²) in [4.78, 5) is 0.166. The minimum absolute atomic E-state index is 0.166. The predicted molar refractivity (Wildman–Crippen MR) is 84.5 cm³/mol. The lowest BCUT2D eigenvalue weighted by Gasteiger charge is -2.12. The number of methoxy groups -OCH3 is 2. The Hall–Kier alpha value is -1.73. The summed E-state index contributed by atoms with van der Waals surface area (Å²) in [6.45, 7) is 0. The van der Waals surface area contributed by atoms with Crippen LogP contribution >= 0.6 is 15.9 Å². The van der Waals surface area contributed by atoms with E-state index in [4.69, 9.17) is 9.47 Å². The Balaban J connectivity index is 2.35. The van der Waals surface area contributed by atoms with E-state index in [1.165, 1.54) is 20.3 Å². The van der Waals surface area contributed by atoms with Crippen LogP contribution in [0.25, 0.3) is 0 Å². The van der Waals surface area contributed by atoms with Gasteiger partial charge in [-0.25, -0.2) is 8.42 Å². The van der Waals surface area contributed by atoms with Gasteiger partial charge in [0.25, 0.3) is 10.0 Å². The molecule has 0 fully saturated rings. The molecule has 0 spiro atoms. The van der Waals surface area contributed by atoms with Crippen LogP contribution in [0.3, 0.4) is 0 Å². The third kappa shape index (κ3) is 3.48. The average molecular weight is 372 g/mol. The summed E-state index contributed by atoms with van der Waals surface area (Å²) in [5, 5.41) is 0. The van der Waals surface area contributed by atoms with Crippen molar-refractivity contribution in [3.8, 4) is 11.5 Å². The third-order valence-corrected chi connectivity index (χ3v) is 5.16. The van der Waals surface area contributed by atoms with Crippen LogP contribution in [0.4, 0.5) is 5.69 Å². The van der Waals surface area contributed by atoms with Crippen LogP contribution in [0.5, 0.6) is 11.5 Å². The molecule has 21 heavy (non-hydrogen) atoms. The minimum atomic E-state index is -3.68. The Morgan fingerprint density at radius 3 is 2.29 bits per heavy atom. The van der Waals surface area contributed by atoms with Gasteiger partial charge in [-0.3, -0.25) is 4.72 Å². The Morgan fingerprint density at radius 2 is 1.67 bits per heavy atom. The fourth-order valence-electron chi connectivity index (χ4n) is 1.77. The molecule has 0 atom stereocenters. The fraction of sp³-hybridized carbons (Fsp3) is 0.143. The molecule has 2 aromatic rings. The van der Waals surface area contributed by atoms with Gasteiger partial charge in [-0.2, -0.15) is 0 Å². The molecular weight excluding hydrogens is 358 g/mol. The number of halogens is 1. The van der Waals surface area contributed by atoms with E-state index in [9.17, 15) is 8.42 Å². The molecule has 0 radical (unpaired) electrons. The maximum atomic E-state index is 12.4. The SMILES string of the molecule is COc1ccc(NS(=O)(=O)c2ccccc2Br)cc1OC. The third-order valence-electron chi connectivity index (χ3n) is 2.76. The van der Waals surface area contributed by atoms with Crippen molar-refractivity contribution in [3.63, 3.8) is 0 Å². The number of rotatable bonds is 5. The van der Waals surface area contributed by atoms with Crippen molar-refractivity contribution in [1.29, 1.82) is 0 Å². The van der Waals surface area contributed by atoms with Crippen LogP contribution in [0, 0.1) is 0 Å². The Labute approximate surface area is 132 Å². The molecule has 2 aromatic carbocycles. The Morgan fingerprint density at radius 1 is 1.00 bits per heavy atom. The average Bonchev–Trinajstić information content (AvgIpc) is 2.47. The van der Waals surface area contributed by atoms with Gasteiger partial charge in [-0.1, -0.05) is 12.1 Å². The number of benzene rings is 2. The second-order valence-corrected chi connectivity index (χ2v) is 6.61. The second-order valence-electron chi connectivity index (χ2n) is 4.11. The van der Waals surface area contributed by atoms with Crippen molar-refractivity contribution in [2.75, 3.05) is 18.9 Å². The predicted octanol–water partition coefficient (Wildman–Crippen LogP) is 3.27. The van der Waals surface area contributed by atoms with E-state index in [1.807, 2.05) is 0 Å². The van der Waals surface area contributed by atoms with Crippen molar-refractivity contribution >= 4 is 31.6 Å². The quantitative estimate of drug-likeness (QED) is 0.875. The summed E-state index contributed by atoms with van der Waals surface area (Å²) in [6.07, 6.45) is 0. The molecular formula is C14H14BrNO4S. The molecule has 0 aliphatic carbocycles. The maximum Gasteiger partial charge on any atom is 0.263 e. The highest BCUT2D eigenvalue weighted by Crippen LogP contribution is 2.31. The van der Waals surface area contributed by atoms with E-state index in [-0.39, 0.29) is 4.90 Å². The number of hydrogen-bond acceptors (Lipinski definition) is 4. The van der Waals surface area contributed by atoms with Crippen molar-refractivity contribution < 1.29 is 17.9 Å². The lowest BCUT2D eigenvalue weighted by atomic mass is 10.3. The Bertz CT molecular complexity index is 746. The first kappa shape index (κ1) is 15.7. The lowest BCUT2D eigenvalue weighted by Crippen LogP contribution is -2.13. The van der Waals surface area contributed by atoms with Gasteiger partial charge >= 0.3 is 0 Å². The molecule has 0 heterocycles. The van der Waals surface area contributed by atoms with Crippen LogP contribution < -0.4 is 14.2 Å². The van der Waals surface area contributed by atoms with Crippen molar-refractivity contribution in [2.45, 2.75) is 4.90 Å². The number of nitrogens with one attached hydrogen (secondary N) is 1. The highest BCUT2D eigenvalue weighted by molar-refractivity contribution is 9.10. The van der Waals surface area contributed by atoms with Crippen LogP contribution in [0.1, 0.15) is 0 Å². The smallest absolute Gasteiger partial charge is 0.263 e. The maximum absolute atomic E-state index is 12.4. The minimum Gasteiger partial charge on any atom is -0.493 e. The first-order valence-corrected chi connectivity index (χ1v) is 8.25. The summed E-state index contributed by atoms with van der Waals surface area (Å²) in [7, 11) is -0.675. The highest BCUT2D eigenvalue weighted by Gasteiger charge is 2.18. The summed E-state index contributed by atoms with van der Waals surface area (Å²) in [5.41, 5.74) is 0.392. The molecule has 5 nitrogen and oxygen atoms in total. The van der Waals surface area contributed by atoms with E-state index >= 15 is 0 Å². The summed E-state index contributed by atoms with van der Waals surface area (Å²) >= 11 is 3.23. The van der Waals surface area contributed by atoms with E-state index < -0.39 is 10.0 Å². The van der Waals surface area contributed by atoms with Crippen molar-refractivity contribution in [2.24, 2.45) is 0 Å². The molecule has 0 bridgehead atoms. The molecule has 0 saturated carbocycles. The fourth-order valence-corrected chi connectivity index (χ4v) is 3.83. The monoisotopic (exact) mass is 371 g/mol. The van der Waals surface area contributed by atoms with Crippen LogP contribution in [0.15, 0.2) is 51.8 Å². The molecule has 112 valence electrons. The first-order valence-electron chi connectivity index (χ1n) is 5.97. The van der Waals surface area contributed by atoms with Gasteiger partial charge in [-0.15, -0.1) is 0 Å². The summed E-state index contributed by atoms with van der Waals surface area (Å²) in [6, 6.07) is 11.4. The molecule has 0 aliphatic heterocycles. The van der Waals surface area contributed by atoms with E-state index in [2.05, 4.69) is 20.7 Å². The Kier molecular flexibility index (Phi) is 4.74. The number of hydrogen-bond donors (Lipinski definition) is 1. The molecule has 0 unspecified atom stereocenters. The topological polar surface area (TPSA) is 64.6 Å². The zero-order valence-electron chi connectivity index (χ0n) is 11.5. The van der Waals surface area contributed by atoms with Crippen molar-refractivity contribution in [1.82, 2.24) is 0 Å². The summed E-state index contributed by atoms with van der Waals surface area (Å²) in [5.74, 6) is 0.978. The molecule has 0 saturated heterocycles. The highest BCUT2D eigenvalue weighted by atomic mass is 79.9. The van der Waals surface area contributed by atoms with Crippen molar-refractivity contribution in [3.05, 3.63) is 46.9 Å². The first-order chi connectivity index (χ1) is 9.97. The summed E-state index contributed by atoms with van der Waals surface area (Å²) < 4.78 is 38.0. The van der Waals surface area contributed by atoms with Gasteiger partial charge in [0.2, 0.25) is 0 Å². The second kappa shape index (κ2) is 6.36. The van der Waals surface area contributed by atoms with E-state index in [0.29, 0.717) is 21.7 Å². The van der Waals surface area contributed by atoms with Gasteiger partial charge in [0, 0.05) is 10.5 Å². The van der Waals surface area contributed by atoms with Gasteiger partial charge in [0.15, 0.2) is 11.5 Å². The van der Waals surface area contributed by atoms with Crippen LogP contribution in [0.2, 0.25) is 0 Å². The molecule has 0 aliphatic rings. The van der Waals surface area contributed by atoms with Gasteiger partial charge in [-0.05, 0) is 40.2 Å². The molecule has 2 rings (SSSR count). The van der Waals surface area contributed by atoms with E-state index in [1.54, 1.807) is 36.4 Å². The number of sulfonamides is 1. The molecule has 0 aromatic heterocycles. The zero-order chi connectivity index (χ0) is 15.5. The standard InChI is InChI=1S/C14H14BrNO4S/c1-19-12-8-7-10(9-13(12)20-2)16-21(17,18)14-6-4-3-5-11(14)15/h3-9,16H,1-2H3. The molecule has 7 heteroatoms. The lowest BCUT2D eigenvalue weighted by molar-refractivity contribution is 0.355. The van der Waals surface area contributed by atoms with Crippen LogP contribution in [-0.4, -0.2) is 22.6 Å². The zero-order valence-corrected chi connectivity index (χ0v) is 13.9. The van der Waals surface area contributed by atoms with Gasteiger partial charge in [0.1, 0.15) is 4.90 Å². The number of ether oxygens (including phenoxy) is 2. The van der Waals surface area contributed by atoms with Gasteiger partial charge in [0.05, 0.1) is 19.9 Å².